The van der Waals surface area contributed by atoms with Crippen LogP contribution in [0.1, 0.15) is 46.8 Å². The molecular weight excluding hydrogens is 394 g/mol. The molecule has 0 saturated carbocycles. The van der Waals surface area contributed by atoms with Crippen molar-refractivity contribution < 1.29 is 14.5 Å². The molecule has 0 radical (unpaired) electrons. The molecule has 0 unspecified atom stereocenters. The molecule has 0 atom stereocenters. The lowest BCUT2D eigenvalue weighted by atomic mass is 10.0. The maximum atomic E-state index is 12.2. The van der Waals surface area contributed by atoms with Gasteiger partial charge in [0.2, 0.25) is 0 Å². The average Bonchev–Trinajstić information content (AvgIpc) is 2.78. The van der Waals surface area contributed by atoms with Gasteiger partial charge in [0, 0.05) is 23.3 Å². The molecule has 0 heterocycles. The lowest BCUT2D eigenvalue weighted by Gasteiger charge is -2.09. The van der Waals surface area contributed by atoms with Gasteiger partial charge in [0.1, 0.15) is 12.4 Å². The highest BCUT2D eigenvalue weighted by Gasteiger charge is 2.06. The Balaban J connectivity index is 1.52. The molecule has 0 aromatic heterocycles. The van der Waals surface area contributed by atoms with Crippen molar-refractivity contribution in [2.45, 2.75) is 26.4 Å². The van der Waals surface area contributed by atoms with E-state index < -0.39 is 4.92 Å². The molecule has 0 spiro atoms. The van der Waals surface area contributed by atoms with Crippen LogP contribution in [0.4, 0.5) is 5.69 Å². The van der Waals surface area contributed by atoms with E-state index in [9.17, 15) is 14.9 Å². The second kappa shape index (κ2) is 10.2. The molecule has 0 aliphatic rings. The van der Waals surface area contributed by atoms with Gasteiger partial charge in [-0.3, -0.25) is 14.9 Å². The Hall–Kier alpha value is -4.00. The number of nitrogens with one attached hydrogen (secondary N) is 1. The average molecular weight is 417 g/mol. The molecule has 158 valence electrons. The van der Waals surface area contributed by atoms with Gasteiger partial charge in [-0.05, 0) is 41.3 Å². The topological polar surface area (TPSA) is 93.8 Å². The lowest BCUT2D eigenvalue weighted by molar-refractivity contribution is -0.384. The second-order valence-corrected chi connectivity index (χ2v) is 7.26. The number of hydrogen-bond donors (Lipinski definition) is 1. The van der Waals surface area contributed by atoms with E-state index in [0.717, 1.165) is 11.3 Å². The molecule has 3 aromatic rings. The first-order valence-electron chi connectivity index (χ1n) is 9.82. The molecule has 0 saturated heterocycles. The standard InChI is InChI=1S/C24H23N3O4/c1-17(2)20-10-12-23(13-11-20)31-16-18-6-8-21(9-7-18)24(28)26-25-15-19-4-3-5-22(14-19)27(29)30/h3-15,17H,16H2,1-2H3,(H,26,28)/b25-15-. The summed E-state index contributed by atoms with van der Waals surface area (Å²) in [6.45, 7) is 4.69. The van der Waals surface area contributed by atoms with Crippen LogP contribution in [0.25, 0.3) is 0 Å². The molecule has 1 N–H and O–H groups in total. The Morgan fingerprint density at radius 3 is 2.45 bits per heavy atom. The predicted octanol–water partition coefficient (Wildman–Crippen LogP) is 5.06. The number of carbonyl (C=O) groups is 1. The van der Waals surface area contributed by atoms with Gasteiger partial charge in [0.15, 0.2) is 0 Å². The molecule has 1 amide bonds. The number of amides is 1. The molecule has 0 aliphatic heterocycles. The molecule has 0 fully saturated rings. The SMILES string of the molecule is CC(C)c1ccc(OCc2ccc(C(=O)N/N=C\c3cccc([N+](=O)[O-])c3)cc2)cc1. The number of non-ortho nitro benzene ring substituents is 1. The van der Waals surface area contributed by atoms with E-state index in [2.05, 4.69) is 36.5 Å². The minimum Gasteiger partial charge on any atom is -0.489 e. The Kier molecular flexibility index (Phi) is 7.11. The molecule has 0 aliphatic carbocycles. The van der Waals surface area contributed by atoms with Crippen LogP contribution in [-0.4, -0.2) is 17.0 Å². The van der Waals surface area contributed by atoms with E-state index in [1.807, 2.05) is 24.3 Å². The number of rotatable bonds is 8. The molecule has 3 aromatic carbocycles. The third kappa shape index (κ3) is 6.24. The Morgan fingerprint density at radius 2 is 1.81 bits per heavy atom. The van der Waals surface area contributed by atoms with Gasteiger partial charge in [-0.1, -0.05) is 50.2 Å². The van der Waals surface area contributed by atoms with Gasteiger partial charge in [0.25, 0.3) is 11.6 Å². The maximum absolute atomic E-state index is 12.2. The number of ether oxygens (including phenoxy) is 1. The van der Waals surface area contributed by atoms with E-state index in [4.69, 9.17) is 4.74 Å². The Bertz CT molecular complexity index is 1070. The van der Waals surface area contributed by atoms with Crippen molar-refractivity contribution in [2.24, 2.45) is 5.10 Å². The molecule has 7 heteroatoms. The third-order valence-corrected chi connectivity index (χ3v) is 4.63. The quantitative estimate of drug-likeness (QED) is 0.315. The highest BCUT2D eigenvalue weighted by Crippen LogP contribution is 2.19. The summed E-state index contributed by atoms with van der Waals surface area (Å²) in [5.74, 6) is 0.892. The van der Waals surface area contributed by atoms with Crippen LogP contribution < -0.4 is 10.2 Å². The number of nitrogens with zero attached hydrogens (tertiary/aromatic N) is 2. The minimum atomic E-state index is -0.484. The summed E-state index contributed by atoms with van der Waals surface area (Å²) >= 11 is 0. The predicted molar refractivity (Wildman–Crippen MR) is 119 cm³/mol. The number of carbonyl (C=O) groups excluding carboxylic acids is 1. The van der Waals surface area contributed by atoms with Crippen LogP contribution in [0, 0.1) is 10.1 Å². The van der Waals surface area contributed by atoms with Crippen LogP contribution in [0.5, 0.6) is 5.75 Å². The summed E-state index contributed by atoms with van der Waals surface area (Å²) in [5.41, 5.74) is 5.54. The van der Waals surface area contributed by atoms with E-state index >= 15 is 0 Å². The van der Waals surface area contributed by atoms with Crippen molar-refractivity contribution in [2.75, 3.05) is 0 Å². The fourth-order valence-electron chi connectivity index (χ4n) is 2.82. The Labute approximate surface area is 180 Å². The smallest absolute Gasteiger partial charge is 0.271 e. The number of benzene rings is 3. The highest BCUT2D eigenvalue weighted by atomic mass is 16.6. The monoisotopic (exact) mass is 417 g/mol. The van der Waals surface area contributed by atoms with Crippen molar-refractivity contribution in [1.82, 2.24) is 5.43 Å². The first-order chi connectivity index (χ1) is 14.9. The summed E-state index contributed by atoms with van der Waals surface area (Å²) in [7, 11) is 0. The fourth-order valence-corrected chi connectivity index (χ4v) is 2.82. The van der Waals surface area contributed by atoms with Gasteiger partial charge in [-0.25, -0.2) is 5.43 Å². The summed E-state index contributed by atoms with van der Waals surface area (Å²) in [4.78, 5) is 22.5. The van der Waals surface area contributed by atoms with E-state index in [1.165, 1.54) is 23.9 Å². The van der Waals surface area contributed by atoms with Crippen LogP contribution in [0.2, 0.25) is 0 Å². The zero-order valence-electron chi connectivity index (χ0n) is 17.3. The molecule has 0 bridgehead atoms. The zero-order valence-corrected chi connectivity index (χ0v) is 17.3. The van der Waals surface area contributed by atoms with Crippen LogP contribution in [0.15, 0.2) is 77.9 Å². The molecule has 7 nitrogen and oxygen atoms in total. The summed E-state index contributed by atoms with van der Waals surface area (Å²) < 4.78 is 5.80. The first-order valence-corrected chi connectivity index (χ1v) is 9.82. The van der Waals surface area contributed by atoms with Crippen molar-refractivity contribution in [3.63, 3.8) is 0 Å². The number of hydrogen-bond acceptors (Lipinski definition) is 5. The number of hydrazone groups is 1. The maximum Gasteiger partial charge on any atom is 0.271 e. The van der Waals surface area contributed by atoms with Crippen LogP contribution in [-0.2, 0) is 6.61 Å². The first kappa shape index (κ1) is 21.7. The van der Waals surface area contributed by atoms with Crippen molar-refractivity contribution in [3.05, 3.63) is 105 Å². The molecule has 31 heavy (non-hydrogen) atoms. The van der Waals surface area contributed by atoms with Crippen molar-refractivity contribution in [3.8, 4) is 5.75 Å². The minimum absolute atomic E-state index is 0.0380. The highest BCUT2D eigenvalue weighted by molar-refractivity contribution is 5.94. The number of nitro groups is 1. The summed E-state index contributed by atoms with van der Waals surface area (Å²) in [6, 6.07) is 21.0. The third-order valence-electron chi connectivity index (χ3n) is 4.63. The van der Waals surface area contributed by atoms with E-state index in [1.54, 1.807) is 24.3 Å². The summed E-state index contributed by atoms with van der Waals surface area (Å²) in [6.07, 6.45) is 1.36. The summed E-state index contributed by atoms with van der Waals surface area (Å²) in [5, 5.41) is 14.7. The van der Waals surface area contributed by atoms with E-state index in [-0.39, 0.29) is 11.6 Å². The van der Waals surface area contributed by atoms with Gasteiger partial charge < -0.3 is 4.74 Å². The second-order valence-electron chi connectivity index (χ2n) is 7.26. The Morgan fingerprint density at radius 1 is 1.10 bits per heavy atom. The van der Waals surface area contributed by atoms with Crippen LogP contribution in [0.3, 0.4) is 0 Å². The lowest BCUT2D eigenvalue weighted by Crippen LogP contribution is -2.17. The number of nitro benzene ring substituents is 1. The van der Waals surface area contributed by atoms with Crippen molar-refractivity contribution in [1.29, 1.82) is 0 Å². The van der Waals surface area contributed by atoms with Gasteiger partial charge in [-0.15, -0.1) is 0 Å². The van der Waals surface area contributed by atoms with Gasteiger partial charge in [-0.2, -0.15) is 5.10 Å². The largest absolute Gasteiger partial charge is 0.489 e. The molecular formula is C24H23N3O4. The normalized spacial score (nSPS) is 10.9. The van der Waals surface area contributed by atoms with Gasteiger partial charge >= 0.3 is 0 Å². The van der Waals surface area contributed by atoms with Crippen molar-refractivity contribution >= 4 is 17.8 Å². The fraction of sp³-hybridized carbons (Fsp3) is 0.167. The zero-order chi connectivity index (χ0) is 22.2. The molecule has 3 rings (SSSR count). The van der Waals surface area contributed by atoms with Crippen LogP contribution >= 0.6 is 0 Å². The van der Waals surface area contributed by atoms with E-state index in [0.29, 0.717) is 23.7 Å². The van der Waals surface area contributed by atoms with Gasteiger partial charge in [0.05, 0.1) is 11.1 Å².